The van der Waals surface area contributed by atoms with Crippen LogP contribution in [0.2, 0.25) is 0 Å². The Morgan fingerprint density at radius 3 is 2.60 bits per heavy atom. The number of hydrogen-bond acceptors (Lipinski definition) is 6. The number of anilines is 2. The molecule has 1 atom stereocenters. The van der Waals surface area contributed by atoms with E-state index in [2.05, 4.69) is 15.3 Å². The molecule has 1 aromatic heterocycles. The first kappa shape index (κ1) is 21.8. The number of benzene rings is 1. The molecule has 1 saturated carbocycles. The lowest BCUT2D eigenvalue weighted by atomic mass is 9.98. The van der Waals surface area contributed by atoms with E-state index in [0.29, 0.717) is 6.92 Å². The summed E-state index contributed by atoms with van der Waals surface area (Å²) in [5.74, 6) is -3.68. The van der Waals surface area contributed by atoms with Crippen molar-refractivity contribution in [2.24, 2.45) is 5.92 Å². The lowest BCUT2D eigenvalue weighted by Gasteiger charge is -2.23. The van der Waals surface area contributed by atoms with Crippen LogP contribution >= 0.6 is 0 Å². The van der Waals surface area contributed by atoms with Crippen molar-refractivity contribution in [1.82, 2.24) is 9.97 Å². The van der Waals surface area contributed by atoms with Crippen LogP contribution in [0.15, 0.2) is 23.0 Å². The van der Waals surface area contributed by atoms with Crippen LogP contribution in [-0.2, 0) is 5.92 Å². The third kappa shape index (κ3) is 4.48. The standard InChI is InChI=1S/C20H24F3N5O2/c1-20(22,23)11-6-7-12(13(21)8-11)16(10-4-5-10)25-17-15(14(24)9-29)18(30)27-19(26-17)28(2)3/h6-8,10,16,24,29H,4-5,9H2,1-3H3,(H2,25,26,27,30). The van der Waals surface area contributed by atoms with E-state index in [4.69, 9.17) is 5.41 Å². The first-order chi connectivity index (χ1) is 14.0. The molecular formula is C20H24F3N5O2. The molecule has 1 heterocycles. The fraction of sp³-hybridized carbons (Fsp3) is 0.450. The average Bonchev–Trinajstić information content (AvgIpc) is 3.49. The molecule has 0 amide bonds. The second-order valence-electron chi connectivity index (χ2n) is 7.73. The SMILES string of the molecule is CN(C)c1nc(NC(c2ccc(C(C)(F)F)cc2F)C2CC2)c(C(=N)CO)c(=O)[nH]1. The second-order valence-corrected chi connectivity index (χ2v) is 7.73. The molecule has 1 aromatic carbocycles. The highest BCUT2D eigenvalue weighted by atomic mass is 19.3. The van der Waals surface area contributed by atoms with Gasteiger partial charge in [0.1, 0.15) is 17.2 Å². The molecule has 7 nitrogen and oxygen atoms in total. The number of halogens is 3. The van der Waals surface area contributed by atoms with Gasteiger partial charge in [-0.3, -0.25) is 9.78 Å². The van der Waals surface area contributed by atoms with Crippen molar-refractivity contribution in [1.29, 1.82) is 5.41 Å². The Hall–Kier alpha value is -2.88. The Labute approximate surface area is 171 Å². The molecule has 30 heavy (non-hydrogen) atoms. The summed E-state index contributed by atoms with van der Waals surface area (Å²) in [6.07, 6.45) is 1.58. The van der Waals surface area contributed by atoms with Crippen LogP contribution in [0.25, 0.3) is 0 Å². The van der Waals surface area contributed by atoms with Crippen LogP contribution in [-0.4, -0.2) is 41.5 Å². The molecule has 162 valence electrons. The Balaban J connectivity index is 2.06. The van der Waals surface area contributed by atoms with Gasteiger partial charge in [-0.2, -0.15) is 4.98 Å². The highest BCUT2D eigenvalue weighted by molar-refractivity contribution is 6.02. The van der Waals surface area contributed by atoms with Gasteiger partial charge in [0.2, 0.25) is 5.95 Å². The lowest BCUT2D eigenvalue weighted by molar-refractivity contribution is 0.0171. The number of alkyl halides is 2. The van der Waals surface area contributed by atoms with Crippen molar-refractivity contribution in [3.8, 4) is 0 Å². The zero-order valence-electron chi connectivity index (χ0n) is 16.9. The van der Waals surface area contributed by atoms with Crippen LogP contribution < -0.4 is 15.8 Å². The summed E-state index contributed by atoms with van der Waals surface area (Å²) in [7, 11) is 3.33. The van der Waals surface area contributed by atoms with Gasteiger partial charge < -0.3 is 20.7 Å². The number of aliphatic hydroxyl groups is 1. The topological polar surface area (TPSA) is 105 Å². The summed E-state index contributed by atoms with van der Waals surface area (Å²) in [6.45, 7) is 0.0251. The van der Waals surface area contributed by atoms with Gasteiger partial charge >= 0.3 is 0 Å². The number of H-pyrrole nitrogens is 1. The van der Waals surface area contributed by atoms with Crippen LogP contribution in [0.3, 0.4) is 0 Å². The summed E-state index contributed by atoms with van der Waals surface area (Å²) in [5.41, 5.74) is -1.35. The number of aromatic amines is 1. The van der Waals surface area contributed by atoms with Crippen molar-refractivity contribution in [3.05, 3.63) is 51.1 Å². The molecule has 0 spiro atoms. The van der Waals surface area contributed by atoms with Gasteiger partial charge in [0.15, 0.2) is 0 Å². The third-order valence-corrected chi connectivity index (χ3v) is 5.02. The van der Waals surface area contributed by atoms with Gasteiger partial charge in [-0.1, -0.05) is 12.1 Å². The minimum atomic E-state index is -3.17. The highest BCUT2D eigenvalue weighted by Crippen LogP contribution is 2.44. The van der Waals surface area contributed by atoms with E-state index in [9.17, 15) is 23.1 Å². The fourth-order valence-corrected chi connectivity index (χ4v) is 3.22. The molecule has 1 aliphatic carbocycles. The maximum absolute atomic E-state index is 14.8. The Kier molecular flexibility index (Phi) is 5.89. The molecule has 1 unspecified atom stereocenters. The molecule has 0 saturated heterocycles. The minimum absolute atomic E-state index is 0.0209. The van der Waals surface area contributed by atoms with E-state index in [0.717, 1.165) is 18.9 Å². The second kappa shape index (κ2) is 8.10. The minimum Gasteiger partial charge on any atom is -0.390 e. The van der Waals surface area contributed by atoms with E-state index >= 15 is 0 Å². The number of hydrogen-bond donors (Lipinski definition) is 4. The van der Waals surface area contributed by atoms with Crippen LogP contribution in [0.5, 0.6) is 0 Å². The Morgan fingerprint density at radius 1 is 1.43 bits per heavy atom. The predicted molar refractivity (Wildman–Crippen MR) is 108 cm³/mol. The van der Waals surface area contributed by atoms with Crippen molar-refractivity contribution in [2.45, 2.75) is 31.7 Å². The van der Waals surface area contributed by atoms with Gasteiger partial charge in [-0.05, 0) is 24.8 Å². The zero-order valence-corrected chi connectivity index (χ0v) is 16.9. The monoisotopic (exact) mass is 423 g/mol. The molecule has 10 heteroatoms. The summed E-state index contributed by atoms with van der Waals surface area (Å²) in [5, 5.41) is 20.3. The van der Waals surface area contributed by atoms with Crippen molar-refractivity contribution in [3.63, 3.8) is 0 Å². The van der Waals surface area contributed by atoms with Gasteiger partial charge in [0.05, 0.1) is 18.4 Å². The summed E-state index contributed by atoms with van der Waals surface area (Å²) >= 11 is 0. The Morgan fingerprint density at radius 2 is 2.10 bits per heavy atom. The van der Waals surface area contributed by atoms with E-state index in [1.54, 1.807) is 19.0 Å². The van der Waals surface area contributed by atoms with E-state index in [-0.39, 0.29) is 34.5 Å². The quantitative estimate of drug-likeness (QED) is 0.489. The first-order valence-electron chi connectivity index (χ1n) is 9.47. The molecule has 2 aromatic rings. The number of rotatable bonds is 8. The lowest BCUT2D eigenvalue weighted by Crippen LogP contribution is -2.29. The van der Waals surface area contributed by atoms with Crippen molar-refractivity contribution >= 4 is 17.5 Å². The van der Waals surface area contributed by atoms with Gasteiger partial charge in [-0.25, -0.2) is 13.2 Å². The van der Waals surface area contributed by atoms with E-state index in [1.165, 1.54) is 12.1 Å². The van der Waals surface area contributed by atoms with Crippen LogP contribution in [0, 0.1) is 17.1 Å². The molecule has 0 bridgehead atoms. The molecule has 1 fully saturated rings. The number of aromatic nitrogens is 2. The fourth-order valence-electron chi connectivity index (χ4n) is 3.22. The van der Waals surface area contributed by atoms with Gasteiger partial charge in [-0.15, -0.1) is 0 Å². The van der Waals surface area contributed by atoms with E-state index < -0.39 is 35.5 Å². The molecular weight excluding hydrogens is 399 g/mol. The number of nitrogens with zero attached hydrogens (tertiary/aromatic N) is 2. The highest BCUT2D eigenvalue weighted by Gasteiger charge is 2.36. The average molecular weight is 423 g/mol. The number of aliphatic hydroxyl groups excluding tert-OH is 1. The maximum Gasteiger partial charge on any atom is 0.270 e. The summed E-state index contributed by atoms with van der Waals surface area (Å²) < 4.78 is 41.9. The number of nitrogens with one attached hydrogen (secondary N) is 3. The van der Waals surface area contributed by atoms with Crippen molar-refractivity contribution < 1.29 is 18.3 Å². The molecule has 1 aliphatic rings. The van der Waals surface area contributed by atoms with Gasteiger partial charge in [0.25, 0.3) is 11.5 Å². The Bertz CT molecular complexity index is 1010. The van der Waals surface area contributed by atoms with Crippen molar-refractivity contribution in [2.75, 3.05) is 30.9 Å². The predicted octanol–water partition coefficient (Wildman–Crippen LogP) is 3.01. The van der Waals surface area contributed by atoms with Gasteiger partial charge in [0, 0.05) is 32.1 Å². The van der Waals surface area contributed by atoms with Crippen LogP contribution in [0.1, 0.15) is 42.5 Å². The summed E-state index contributed by atoms with van der Waals surface area (Å²) in [6, 6.07) is 2.69. The zero-order chi connectivity index (χ0) is 22.2. The molecule has 0 aliphatic heterocycles. The molecule has 0 radical (unpaired) electrons. The first-order valence-corrected chi connectivity index (χ1v) is 9.47. The third-order valence-electron chi connectivity index (χ3n) is 5.02. The molecule has 4 N–H and O–H groups in total. The maximum atomic E-state index is 14.8. The summed E-state index contributed by atoms with van der Waals surface area (Å²) in [4.78, 5) is 20.9. The smallest absolute Gasteiger partial charge is 0.270 e. The van der Waals surface area contributed by atoms with Crippen LogP contribution in [0.4, 0.5) is 24.9 Å². The normalized spacial score (nSPS) is 15.0. The van der Waals surface area contributed by atoms with E-state index in [1.807, 2.05) is 0 Å². The molecule has 3 rings (SSSR count). The largest absolute Gasteiger partial charge is 0.390 e.